The highest BCUT2D eigenvalue weighted by atomic mass is 79.9. The Morgan fingerprint density at radius 1 is 1.30 bits per heavy atom. The molecule has 0 radical (unpaired) electrons. The van der Waals surface area contributed by atoms with E-state index in [9.17, 15) is 4.39 Å². The fourth-order valence-electron chi connectivity index (χ4n) is 2.49. The third-order valence-electron chi connectivity index (χ3n) is 3.44. The zero-order chi connectivity index (χ0) is 14.3. The summed E-state index contributed by atoms with van der Waals surface area (Å²) in [7, 11) is 0. The number of alkyl halides is 1. The Labute approximate surface area is 130 Å². The Hall–Kier alpha value is -1.06. The maximum absolute atomic E-state index is 13.9. The van der Waals surface area contributed by atoms with Crippen LogP contribution in [0.2, 0.25) is 0 Å². The SMILES string of the molecule is CC1Cc2cc(C(Cl)c3cc(Br)ccc3F)ccc2O1. The standard InChI is InChI=1S/C16H13BrClFO/c1-9-6-11-7-10(2-5-15(11)20-9)16(18)13-8-12(17)3-4-14(13)19/h2-5,7-9,16H,6H2,1H3. The zero-order valence-corrected chi connectivity index (χ0v) is 13.2. The van der Waals surface area contributed by atoms with Crippen molar-refractivity contribution in [2.24, 2.45) is 0 Å². The lowest BCUT2D eigenvalue weighted by Gasteiger charge is -2.13. The first kappa shape index (κ1) is 13.9. The number of fused-ring (bicyclic) bond motifs is 1. The number of hydrogen-bond donors (Lipinski definition) is 0. The van der Waals surface area contributed by atoms with Gasteiger partial charge in [-0.05, 0) is 42.3 Å². The van der Waals surface area contributed by atoms with E-state index in [0.717, 1.165) is 27.8 Å². The van der Waals surface area contributed by atoms with Crippen LogP contribution in [0.25, 0.3) is 0 Å². The Bertz CT molecular complexity index is 659. The number of rotatable bonds is 2. The number of hydrogen-bond acceptors (Lipinski definition) is 1. The van der Waals surface area contributed by atoms with Crippen LogP contribution in [0.4, 0.5) is 4.39 Å². The molecule has 1 heterocycles. The smallest absolute Gasteiger partial charge is 0.128 e. The maximum atomic E-state index is 13.9. The van der Waals surface area contributed by atoms with Crippen LogP contribution in [0.3, 0.4) is 0 Å². The monoisotopic (exact) mass is 354 g/mol. The van der Waals surface area contributed by atoms with Gasteiger partial charge in [0.25, 0.3) is 0 Å². The molecule has 2 aromatic carbocycles. The first-order valence-corrected chi connectivity index (χ1v) is 7.66. The van der Waals surface area contributed by atoms with Gasteiger partial charge in [0.15, 0.2) is 0 Å². The van der Waals surface area contributed by atoms with Crippen molar-refractivity contribution < 1.29 is 9.13 Å². The molecule has 0 saturated heterocycles. The topological polar surface area (TPSA) is 9.23 Å². The van der Waals surface area contributed by atoms with Crippen molar-refractivity contribution >= 4 is 27.5 Å². The summed E-state index contributed by atoms with van der Waals surface area (Å²) in [5.74, 6) is 0.609. The minimum Gasteiger partial charge on any atom is -0.490 e. The molecule has 1 aliphatic rings. The van der Waals surface area contributed by atoms with Crippen LogP contribution in [-0.2, 0) is 6.42 Å². The van der Waals surface area contributed by atoms with Crippen LogP contribution in [0.15, 0.2) is 40.9 Å². The van der Waals surface area contributed by atoms with Crippen LogP contribution < -0.4 is 4.74 Å². The number of ether oxygens (including phenoxy) is 1. The van der Waals surface area contributed by atoms with E-state index >= 15 is 0 Å². The fraction of sp³-hybridized carbons (Fsp3) is 0.250. The van der Waals surface area contributed by atoms with Crippen LogP contribution in [0.1, 0.15) is 29.0 Å². The molecule has 0 bridgehead atoms. The molecule has 104 valence electrons. The zero-order valence-electron chi connectivity index (χ0n) is 10.9. The summed E-state index contributed by atoms with van der Waals surface area (Å²) >= 11 is 9.79. The van der Waals surface area contributed by atoms with Crippen molar-refractivity contribution in [1.82, 2.24) is 0 Å². The molecule has 0 aromatic heterocycles. The van der Waals surface area contributed by atoms with Gasteiger partial charge in [-0.15, -0.1) is 11.6 Å². The van der Waals surface area contributed by atoms with Crippen molar-refractivity contribution in [1.29, 1.82) is 0 Å². The predicted octanol–water partition coefficient (Wildman–Crippen LogP) is 5.24. The lowest BCUT2D eigenvalue weighted by Crippen LogP contribution is -2.05. The van der Waals surface area contributed by atoms with Crippen LogP contribution in [0, 0.1) is 5.82 Å². The second-order valence-corrected chi connectivity index (χ2v) is 6.38. The molecular formula is C16H13BrClFO. The van der Waals surface area contributed by atoms with Crippen molar-refractivity contribution in [2.75, 3.05) is 0 Å². The van der Waals surface area contributed by atoms with Gasteiger partial charge in [0.05, 0.1) is 5.38 Å². The Morgan fingerprint density at radius 2 is 2.10 bits per heavy atom. The Morgan fingerprint density at radius 3 is 2.90 bits per heavy atom. The van der Waals surface area contributed by atoms with Gasteiger partial charge in [0.1, 0.15) is 17.7 Å². The van der Waals surface area contributed by atoms with Gasteiger partial charge in [-0.1, -0.05) is 28.1 Å². The summed E-state index contributed by atoms with van der Waals surface area (Å²) in [4.78, 5) is 0. The van der Waals surface area contributed by atoms with E-state index < -0.39 is 5.38 Å². The van der Waals surface area contributed by atoms with Gasteiger partial charge >= 0.3 is 0 Å². The average Bonchev–Trinajstić information content (AvgIpc) is 2.79. The highest BCUT2D eigenvalue weighted by Gasteiger charge is 2.22. The molecule has 2 atom stereocenters. The molecular weight excluding hydrogens is 343 g/mol. The molecule has 0 N–H and O–H groups in total. The van der Waals surface area contributed by atoms with E-state index in [1.54, 1.807) is 12.1 Å². The molecule has 0 saturated carbocycles. The van der Waals surface area contributed by atoms with Crippen molar-refractivity contribution in [3.8, 4) is 5.75 Å². The minimum absolute atomic E-state index is 0.191. The number of benzene rings is 2. The quantitative estimate of drug-likeness (QED) is 0.669. The molecule has 0 fully saturated rings. The summed E-state index contributed by atoms with van der Waals surface area (Å²) in [6.45, 7) is 2.03. The largest absolute Gasteiger partial charge is 0.490 e. The van der Waals surface area contributed by atoms with E-state index in [1.165, 1.54) is 6.07 Å². The summed E-state index contributed by atoms with van der Waals surface area (Å²) in [6.07, 6.45) is 1.06. The Kier molecular flexibility index (Phi) is 3.74. The lowest BCUT2D eigenvalue weighted by molar-refractivity contribution is 0.254. The predicted molar refractivity (Wildman–Crippen MR) is 82.0 cm³/mol. The summed E-state index contributed by atoms with van der Waals surface area (Å²) < 4.78 is 20.4. The van der Waals surface area contributed by atoms with E-state index in [-0.39, 0.29) is 11.9 Å². The molecule has 1 nitrogen and oxygen atoms in total. The maximum Gasteiger partial charge on any atom is 0.128 e. The molecule has 20 heavy (non-hydrogen) atoms. The third kappa shape index (κ3) is 2.57. The summed E-state index contributed by atoms with van der Waals surface area (Å²) in [5, 5.41) is -0.506. The molecule has 1 aliphatic heterocycles. The summed E-state index contributed by atoms with van der Waals surface area (Å²) in [5.41, 5.74) is 2.50. The van der Waals surface area contributed by atoms with Gasteiger partial charge in [-0.3, -0.25) is 0 Å². The first-order valence-electron chi connectivity index (χ1n) is 6.43. The van der Waals surface area contributed by atoms with Crippen LogP contribution in [-0.4, -0.2) is 6.10 Å². The van der Waals surface area contributed by atoms with Gasteiger partial charge in [-0.25, -0.2) is 4.39 Å². The van der Waals surface area contributed by atoms with Crippen molar-refractivity contribution in [3.05, 3.63) is 63.4 Å². The van der Waals surface area contributed by atoms with E-state index in [2.05, 4.69) is 15.9 Å². The van der Waals surface area contributed by atoms with Gasteiger partial charge in [-0.2, -0.15) is 0 Å². The molecule has 2 aromatic rings. The van der Waals surface area contributed by atoms with E-state index in [4.69, 9.17) is 16.3 Å². The highest BCUT2D eigenvalue weighted by Crippen LogP contribution is 2.36. The minimum atomic E-state index is -0.506. The van der Waals surface area contributed by atoms with Crippen LogP contribution in [0.5, 0.6) is 5.75 Å². The molecule has 0 amide bonds. The first-order chi connectivity index (χ1) is 9.54. The molecule has 0 aliphatic carbocycles. The van der Waals surface area contributed by atoms with Gasteiger partial charge in [0, 0.05) is 16.5 Å². The lowest BCUT2D eigenvalue weighted by atomic mass is 10.0. The fourth-order valence-corrected chi connectivity index (χ4v) is 3.17. The molecule has 2 unspecified atom stereocenters. The second kappa shape index (κ2) is 5.38. The van der Waals surface area contributed by atoms with Gasteiger partial charge in [0.2, 0.25) is 0 Å². The van der Waals surface area contributed by atoms with Gasteiger partial charge < -0.3 is 4.74 Å². The average molecular weight is 356 g/mol. The highest BCUT2D eigenvalue weighted by molar-refractivity contribution is 9.10. The van der Waals surface area contributed by atoms with Crippen molar-refractivity contribution in [3.63, 3.8) is 0 Å². The van der Waals surface area contributed by atoms with Crippen molar-refractivity contribution in [2.45, 2.75) is 24.8 Å². The van der Waals surface area contributed by atoms with Crippen LogP contribution >= 0.6 is 27.5 Å². The third-order valence-corrected chi connectivity index (χ3v) is 4.42. The molecule has 4 heteroatoms. The normalized spacial score (nSPS) is 18.5. The molecule has 3 rings (SSSR count). The second-order valence-electron chi connectivity index (χ2n) is 5.03. The van der Waals surface area contributed by atoms with E-state index in [0.29, 0.717) is 5.56 Å². The molecule has 0 spiro atoms. The van der Waals surface area contributed by atoms with E-state index in [1.807, 2.05) is 25.1 Å². The summed E-state index contributed by atoms with van der Waals surface area (Å²) in [6, 6.07) is 10.6. The number of halogens is 3. The Balaban J connectivity index is 1.97.